The Morgan fingerprint density at radius 1 is 1.33 bits per heavy atom. The highest BCUT2D eigenvalue weighted by Gasteiger charge is 2.45. The largest absolute Gasteiger partial charge is 0.383 e. The minimum atomic E-state index is 0.173. The van der Waals surface area contributed by atoms with Crippen LogP contribution >= 0.6 is 0 Å². The summed E-state index contributed by atoms with van der Waals surface area (Å²) in [5, 5.41) is 0. The van der Waals surface area contributed by atoms with Crippen LogP contribution in [0, 0.1) is 18.8 Å². The number of methoxy groups -OCH3 is 1. The number of rotatable bonds is 5. The summed E-state index contributed by atoms with van der Waals surface area (Å²) in [6.07, 6.45) is 0. The molecule has 0 N–H and O–H groups in total. The number of hydrogen-bond donors (Lipinski definition) is 0. The molecule has 0 radical (unpaired) electrons. The quantitative estimate of drug-likeness (QED) is 0.809. The predicted molar refractivity (Wildman–Crippen MR) is 79.7 cm³/mol. The van der Waals surface area contributed by atoms with Gasteiger partial charge in [-0.3, -0.25) is 14.7 Å². The van der Waals surface area contributed by atoms with E-state index in [0.29, 0.717) is 18.4 Å². The molecule has 2 saturated heterocycles. The zero-order valence-corrected chi connectivity index (χ0v) is 12.8. The Bertz CT molecular complexity index is 520. The third-order valence-electron chi connectivity index (χ3n) is 4.50. The van der Waals surface area contributed by atoms with Crippen LogP contribution < -0.4 is 0 Å². The topological polar surface area (TPSA) is 45.7 Å². The van der Waals surface area contributed by atoms with Gasteiger partial charge in [0.25, 0.3) is 0 Å². The fourth-order valence-electron chi connectivity index (χ4n) is 3.48. The second-order valence-electron chi connectivity index (χ2n) is 6.11. The van der Waals surface area contributed by atoms with Gasteiger partial charge in [0.1, 0.15) is 0 Å². The molecule has 3 heterocycles. The van der Waals surface area contributed by atoms with E-state index in [4.69, 9.17) is 4.74 Å². The molecule has 21 heavy (non-hydrogen) atoms. The van der Waals surface area contributed by atoms with Crippen molar-refractivity contribution in [3.63, 3.8) is 0 Å². The molecule has 0 bridgehead atoms. The molecule has 0 aliphatic carbocycles. The minimum Gasteiger partial charge on any atom is -0.383 e. The van der Waals surface area contributed by atoms with E-state index in [0.717, 1.165) is 44.1 Å². The van der Waals surface area contributed by atoms with Crippen LogP contribution in [0.1, 0.15) is 11.4 Å². The highest BCUT2D eigenvalue weighted by atomic mass is 16.5. The second kappa shape index (κ2) is 6.12. The highest BCUT2D eigenvalue weighted by molar-refractivity contribution is 5.82. The van der Waals surface area contributed by atoms with Crippen molar-refractivity contribution in [1.29, 1.82) is 0 Å². The number of likely N-dealkylation sites (tertiary alicyclic amines) is 2. The summed E-state index contributed by atoms with van der Waals surface area (Å²) in [6.45, 7) is 6.95. The van der Waals surface area contributed by atoms with Gasteiger partial charge in [-0.25, -0.2) is 0 Å². The van der Waals surface area contributed by atoms with E-state index in [-0.39, 0.29) is 5.92 Å². The van der Waals surface area contributed by atoms with Gasteiger partial charge in [-0.1, -0.05) is 6.07 Å². The van der Waals surface area contributed by atoms with Crippen molar-refractivity contribution in [2.75, 3.05) is 39.9 Å². The Kier molecular flexibility index (Phi) is 4.22. The molecule has 5 nitrogen and oxygen atoms in total. The van der Waals surface area contributed by atoms with Crippen molar-refractivity contribution >= 4 is 5.91 Å². The number of nitrogens with zero attached hydrogens (tertiary/aromatic N) is 3. The van der Waals surface area contributed by atoms with E-state index < -0.39 is 0 Å². The van der Waals surface area contributed by atoms with Gasteiger partial charge >= 0.3 is 0 Å². The fraction of sp³-hybridized carbons (Fsp3) is 0.625. The first-order chi connectivity index (χ1) is 10.2. The Morgan fingerprint density at radius 3 is 2.90 bits per heavy atom. The third kappa shape index (κ3) is 3.09. The minimum absolute atomic E-state index is 0.173. The Balaban J connectivity index is 1.57. The van der Waals surface area contributed by atoms with E-state index >= 15 is 0 Å². The second-order valence-corrected chi connectivity index (χ2v) is 6.11. The third-order valence-corrected chi connectivity index (χ3v) is 4.50. The van der Waals surface area contributed by atoms with Crippen molar-refractivity contribution in [2.45, 2.75) is 13.5 Å². The fourth-order valence-corrected chi connectivity index (χ4v) is 3.48. The smallest absolute Gasteiger partial charge is 0.227 e. The first-order valence-electron chi connectivity index (χ1n) is 7.60. The van der Waals surface area contributed by atoms with Crippen LogP contribution in [0.3, 0.4) is 0 Å². The lowest BCUT2D eigenvalue weighted by molar-refractivity contribution is -0.131. The molecule has 1 aromatic heterocycles. The summed E-state index contributed by atoms with van der Waals surface area (Å²) < 4.78 is 5.07. The Morgan fingerprint density at radius 2 is 2.19 bits per heavy atom. The van der Waals surface area contributed by atoms with Gasteiger partial charge in [0.15, 0.2) is 0 Å². The van der Waals surface area contributed by atoms with Crippen molar-refractivity contribution < 1.29 is 9.53 Å². The van der Waals surface area contributed by atoms with Gasteiger partial charge in [-0.05, 0) is 19.1 Å². The molecule has 0 spiro atoms. The summed E-state index contributed by atoms with van der Waals surface area (Å²) in [7, 11) is 1.68. The van der Waals surface area contributed by atoms with Crippen molar-refractivity contribution in [3.8, 4) is 0 Å². The summed E-state index contributed by atoms with van der Waals surface area (Å²) in [4.78, 5) is 21.2. The van der Waals surface area contributed by atoms with Gasteiger partial charge in [0, 0.05) is 51.4 Å². The molecule has 0 saturated carbocycles. The molecule has 0 aromatic carbocycles. The number of carbonyl (C=O) groups excluding carboxylic acids is 1. The zero-order valence-electron chi connectivity index (χ0n) is 12.8. The Labute approximate surface area is 125 Å². The molecule has 0 unspecified atom stereocenters. The summed E-state index contributed by atoms with van der Waals surface area (Å²) in [6, 6.07) is 6.12. The van der Waals surface area contributed by atoms with Crippen LogP contribution in [-0.2, 0) is 16.1 Å². The van der Waals surface area contributed by atoms with Gasteiger partial charge in [0.05, 0.1) is 18.2 Å². The average molecular weight is 289 g/mol. The molecule has 3 rings (SSSR count). The molecule has 1 aromatic rings. The van der Waals surface area contributed by atoms with E-state index in [9.17, 15) is 4.79 Å². The number of aromatic nitrogens is 1. The van der Waals surface area contributed by atoms with Crippen molar-refractivity contribution in [3.05, 3.63) is 29.6 Å². The highest BCUT2D eigenvalue weighted by Crippen LogP contribution is 2.32. The van der Waals surface area contributed by atoms with Gasteiger partial charge in [0.2, 0.25) is 5.91 Å². The molecular formula is C16H23N3O2. The monoisotopic (exact) mass is 289 g/mol. The standard InChI is InChI=1S/C16H23N3O2/c1-12-4-3-5-14(17-12)10-18-8-13-9-19(6-7-21-2)16(20)15(13)11-18/h3-5,13,15H,6-11H2,1-2H3/t13-,15-/m1/s1. The average Bonchev–Trinajstić information content (AvgIpc) is 2.96. The van der Waals surface area contributed by atoms with Gasteiger partial charge in [-0.15, -0.1) is 0 Å². The number of carbonyl (C=O) groups is 1. The first kappa shape index (κ1) is 14.5. The van der Waals surface area contributed by atoms with E-state index in [1.807, 2.05) is 24.0 Å². The number of pyridine rings is 1. The summed E-state index contributed by atoms with van der Waals surface area (Å²) in [5.41, 5.74) is 2.15. The predicted octanol–water partition coefficient (Wildman–Crippen LogP) is 0.927. The van der Waals surface area contributed by atoms with Gasteiger partial charge in [-0.2, -0.15) is 0 Å². The summed E-state index contributed by atoms with van der Waals surface area (Å²) >= 11 is 0. The Hall–Kier alpha value is -1.46. The molecule has 1 amide bonds. The maximum atomic E-state index is 12.4. The molecule has 5 heteroatoms. The van der Waals surface area contributed by atoms with Crippen LogP contribution in [-0.4, -0.2) is 60.6 Å². The lowest BCUT2D eigenvalue weighted by Crippen LogP contribution is -2.34. The number of amides is 1. The van der Waals surface area contributed by atoms with Crippen LogP contribution in [0.5, 0.6) is 0 Å². The van der Waals surface area contributed by atoms with E-state index in [1.165, 1.54) is 0 Å². The molecular weight excluding hydrogens is 266 g/mol. The van der Waals surface area contributed by atoms with Crippen molar-refractivity contribution in [2.24, 2.45) is 11.8 Å². The number of fused-ring (bicyclic) bond motifs is 1. The molecule has 2 aliphatic heterocycles. The lowest BCUT2D eigenvalue weighted by Gasteiger charge is -2.21. The SMILES string of the molecule is COCCN1C[C@H]2CN(Cc3cccc(C)n3)C[C@H]2C1=O. The molecule has 2 aliphatic rings. The maximum Gasteiger partial charge on any atom is 0.227 e. The van der Waals surface area contributed by atoms with Gasteiger partial charge < -0.3 is 9.64 Å². The van der Waals surface area contributed by atoms with Crippen molar-refractivity contribution in [1.82, 2.24) is 14.8 Å². The molecule has 2 atom stereocenters. The molecule has 114 valence electrons. The number of hydrogen-bond acceptors (Lipinski definition) is 4. The van der Waals surface area contributed by atoms with Crippen LogP contribution in [0.15, 0.2) is 18.2 Å². The maximum absolute atomic E-state index is 12.4. The zero-order chi connectivity index (χ0) is 14.8. The van der Waals surface area contributed by atoms with E-state index in [2.05, 4.69) is 16.0 Å². The number of aryl methyl sites for hydroxylation is 1. The van der Waals surface area contributed by atoms with Crippen LogP contribution in [0.25, 0.3) is 0 Å². The van der Waals surface area contributed by atoms with Crippen LogP contribution in [0.4, 0.5) is 0 Å². The molecule has 2 fully saturated rings. The summed E-state index contributed by atoms with van der Waals surface area (Å²) in [5.74, 6) is 0.947. The van der Waals surface area contributed by atoms with E-state index in [1.54, 1.807) is 7.11 Å². The van der Waals surface area contributed by atoms with Crippen LogP contribution in [0.2, 0.25) is 0 Å². The lowest BCUT2D eigenvalue weighted by atomic mass is 10.0. The normalized spacial score (nSPS) is 25.6. The first-order valence-corrected chi connectivity index (χ1v) is 7.60. The number of ether oxygens (including phenoxy) is 1.